The van der Waals surface area contributed by atoms with E-state index in [1.54, 1.807) is 18.2 Å². The molecule has 96 valence electrons. The second-order valence-corrected chi connectivity index (χ2v) is 5.35. The summed E-state index contributed by atoms with van der Waals surface area (Å²) in [5.41, 5.74) is 6.14. The number of nitrogens with zero attached hydrogens (tertiary/aromatic N) is 2. The van der Waals surface area contributed by atoms with Crippen molar-refractivity contribution in [3.63, 3.8) is 0 Å². The van der Waals surface area contributed by atoms with Crippen molar-refractivity contribution in [2.24, 2.45) is 5.92 Å². The monoisotopic (exact) mass is 245 g/mol. The number of nitrogen functional groups attached to an aromatic ring is 1. The molecule has 1 amide bonds. The number of fused-ring (bicyclic) bond motifs is 1. The van der Waals surface area contributed by atoms with Crippen molar-refractivity contribution in [1.82, 2.24) is 9.88 Å². The SMILES string of the molecule is Nc1cccc(C(=O)N2CCCC3CCCC32)n1. The van der Waals surface area contributed by atoms with Crippen molar-refractivity contribution in [3.05, 3.63) is 23.9 Å². The van der Waals surface area contributed by atoms with Gasteiger partial charge in [-0.05, 0) is 43.7 Å². The lowest BCUT2D eigenvalue weighted by atomic mass is 9.91. The largest absolute Gasteiger partial charge is 0.384 e. The number of rotatable bonds is 1. The van der Waals surface area contributed by atoms with E-state index < -0.39 is 0 Å². The molecule has 1 aromatic heterocycles. The molecule has 2 fully saturated rings. The van der Waals surface area contributed by atoms with Gasteiger partial charge in [0.25, 0.3) is 5.91 Å². The van der Waals surface area contributed by atoms with Crippen LogP contribution in [0, 0.1) is 5.92 Å². The summed E-state index contributed by atoms with van der Waals surface area (Å²) in [6, 6.07) is 5.71. The molecule has 0 bridgehead atoms. The molecule has 2 unspecified atom stereocenters. The fraction of sp³-hybridized carbons (Fsp3) is 0.571. The van der Waals surface area contributed by atoms with E-state index in [0.29, 0.717) is 23.5 Å². The molecule has 1 aliphatic heterocycles. The van der Waals surface area contributed by atoms with Crippen molar-refractivity contribution in [3.8, 4) is 0 Å². The van der Waals surface area contributed by atoms with Gasteiger partial charge in [0.15, 0.2) is 0 Å². The van der Waals surface area contributed by atoms with Gasteiger partial charge in [-0.1, -0.05) is 12.5 Å². The number of carbonyl (C=O) groups excluding carboxylic acids is 1. The van der Waals surface area contributed by atoms with Gasteiger partial charge in [0.1, 0.15) is 11.5 Å². The van der Waals surface area contributed by atoms with Crippen molar-refractivity contribution in [2.75, 3.05) is 12.3 Å². The predicted octanol–water partition coefficient (Wildman–Crippen LogP) is 2.07. The molecule has 0 aromatic carbocycles. The summed E-state index contributed by atoms with van der Waals surface area (Å²) in [6.45, 7) is 0.872. The predicted molar refractivity (Wildman–Crippen MR) is 70.0 cm³/mol. The van der Waals surface area contributed by atoms with Crippen LogP contribution < -0.4 is 5.73 Å². The van der Waals surface area contributed by atoms with E-state index in [1.165, 1.54) is 19.3 Å². The Bertz CT molecular complexity index is 460. The molecule has 1 aliphatic carbocycles. The van der Waals surface area contributed by atoms with Crippen molar-refractivity contribution >= 4 is 11.7 Å². The fourth-order valence-electron chi connectivity index (χ4n) is 3.42. The first-order valence-corrected chi connectivity index (χ1v) is 6.79. The lowest BCUT2D eigenvalue weighted by molar-refractivity contribution is 0.0542. The Hall–Kier alpha value is -1.58. The Kier molecular flexibility index (Phi) is 2.94. The van der Waals surface area contributed by atoms with Crippen LogP contribution in [0.25, 0.3) is 0 Å². The van der Waals surface area contributed by atoms with Crippen LogP contribution in [0.15, 0.2) is 18.2 Å². The number of pyridine rings is 1. The molecule has 1 saturated heterocycles. The maximum atomic E-state index is 12.5. The molecule has 2 aliphatic rings. The summed E-state index contributed by atoms with van der Waals surface area (Å²) in [5.74, 6) is 1.18. The van der Waals surface area contributed by atoms with Gasteiger partial charge in [-0.3, -0.25) is 4.79 Å². The fourth-order valence-corrected chi connectivity index (χ4v) is 3.42. The second kappa shape index (κ2) is 4.59. The molecule has 2 heterocycles. The highest BCUT2D eigenvalue weighted by Gasteiger charge is 2.37. The lowest BCUT2D eigenvalue weighted by Crippen LogP contribution is -2.46. The molecule has 18 heavy (non-hydrogen) atoms. The van der Waals surface area contributed by atoms with Gasteiger partial charge in [-0.15, -0.1) is 0 Å². The molecule has 4 heteroatoms. The molecule has 2 N–H and O–H groups in total. The first-order valence-electron chi connectivity index (χ1n) is 6.79. The number of anilines is 1. The topological polar surface area (TPSA) is 59.2 Å². The minimum Gasteiger partial charge on any atom is -0.384 e. The van der Waals surface area contributed by atoms with E-state index in [2.05, 4.69) is 4.98 Å². The first-order chi connectivity index (χ1) is 8.75. The third-order valence-electron chi connectivity index (χ3n) is 4.24. The van der Waals surface area contributed by atoms with Crippen LogP contribution in [0.2, 0.25) is 0 Å². The van der Waals surface area contributed by atoms with E-state index in [9.17, 15) is 4.79 Å². The zero-order valence-electron chi connectivity index (χ0n) is 10.5. The molecule has 4 nitrogen and oxygen atoms in total. The number of amides is 1. The Labute approximate surface area is 107 Å². The average molecular weight is 245 g/mol. The molecule has 2 atom stereocenters. The van der Waals surface area contributed by atoms with E-state index in [0.717, 1.165) is 19.4 Å². The van der Waals surface area contributed by atoms with Crippen LogP contribution in [0.1, 0.15) is 42.6 Å². The van der Waals surface area contributed by atoms with Crippen LogP contribution in [0.3, 0.4) is 0 Å². The van der Waals surface area contributed by atoms with Gasteiger partial charge in [0, 0.05) is 12.6 Å². The van der Waals surface area contributed by atoms with E-state index in [4.69, 9.17) is 5.73 Å². The highest BCUT2D eigenvalue weighted by Crippen LogP contribution is 2.37. The maximum absolute atomic E-state index is 12.5. The lowest BCUT2D eigenvalue weighted by Gasteiger charge is -2.37. The molecule has 0 spiro atoms. The van der Waals surface area contributed by atoms with E-state index >= 15 is 0 Å². The molecular formula is C14H19N3O. The number of nitrogens with two attached hydrogens (primary N) is 1. The van der Waals surface area contributed by atoms with Gasteiger partial charge < -0.3 is 10.6 Å². The van der Waals surface area contributed by atoms with Crippen molar-refractivity contribution in [2.45, 2.75) is 38.1 Å². The normalized spacial score (nSPS) is 27.0. The van der Waals surface area contributed by atoms with Crippen molar-refractivity contribution in [1.29, 1.82) is 0 Å². The molecule has 1 saturated carbocycles. The molecule has 0 radical (unpaired) electrons. The van der Waals surface area contributed by atoms with Crippen LogP contribution in [-0.4, -0.2) is 28.4 Å². The quantitative estimate of drug-likeness (QED) is 0.824. The summed E-state index contributed by atoms with van der Waals surface area (Å²) in [4.78, 5) is 18.7. The summed E-state index contributed by atoms with van der Waals surface area (Å²) in [7, 11) is 0. The summed E-state index contributed by atoms with van der Waals surface area (Å²) >= 11 is 0. The zero-order chi connectivity index (χ0) is 12.5. The standard InChI is InChI=1S/C14H19N3O/c15-13-8-2-6-11(16-13)14(18)17-9-3-5-10-4-1-7-12(10)17/h2,6,8,10,12H,1,3-5,7,9H2,(H2,15,16). The Morgan fingerprint density at radius 2 is 2.11 bits per heavy atom. The van der Waals surface area contributed by atoms with E-state index in [1.807, 2.05) is 4.90 Å². The third-order valence-corrected chi connectivity index (χ3v) is 4.24. The number of piperidine rings is 1. The molecular weight excluding hydrogens is 226 g/mol. The van der Waals surface area contributed by atoms with Gasteiger partial charge in [-0.25, -0.2) is 4.98 Å². The summed E-state index contributed by atoms with van der Waals surface area (Å²) < 4.78 is 0. The van der Waals surface area contributed by atoms with Gasteiger partial charge >= 0.3 is 0 Å². The van der Waals surface area contributed by atoms with Gasteiger partial charge in [-0.2, -0.15) is 0 Å². The number of carbonyl (C=O) groups is 1. The van der Waals surface area contributed by atoms with Crippen LogP contribution in [0.5, 0.6) is 0 Å². The first kappa shape index (κ1) is 11.5. The minimum atomic E-state index is 0.0545. The Morgan fingerprint density at radius 1 is 1.28 bits per heavy atom. The Balaban J connectivity index is 1.83. The molecule has 1 aromatic rings. The highest BCUT2D eigenvalue weighted by molar-refractivity contribution is 5.93. The Morgan fingerprint density at radius 3 is 2.94 bits per heavy atom. The minimum absolute atomic E-state index is 0.0545. The maximum Gasteiger partial charge on any atom is 0.272 e. The average Bonchev–Trinajstić information content (AvgIpc) is 2.86. The second-order valence-electron chi connectivity index (χ2n) is 5.35. The number of aromatic nitrogens is 1. The third kappa shape index (κ3) is 1.96. The zero-order valence-corrected chi connectivity index (χ0v) is 10.5. The van der Waals surface area contributed by atoms with Crippen molar-refractivity contribution < 1.29 is 4.79 Å². The van der Waals surface area contributed by atoms with Crippen LogP contribution in [-0.2, 0) is 0 Å². The number of hydrogen-bond acceptors (Lipinski definition) is 3. The van der Waals surface area contributed by atoms with E-state index in [-0.39, 0.29) is 5.91 Å². The van der Waals surface area contributed by atoms with Crippen LogP contribution in [0.4, 0.5) is 5.82 Å². The van der Waals surface area contributed by atoms with Gasteiger partial charge in [0.2, 0.25) is 0 Å². The number of likely N-dealkylation sites (tertiary alicyclic amines) is 1. The summed E-state index contributed by atoms with van der Waals surface area (Å²) in [5, 5.41) is 0. The smallest absolute Gasteiger partial charge is 0.272 e. The highest BCUT2D eigenvalue weighted by atomic mass is 16.2. The van der Waals surface area contributed by atoms with Gasteiger partial charge in [0.05, 0.1) is 0 Å². The van der Waals surface area contributed by atoms with Crippen LogP contribution >= 0.6 is 0 Å². The molecule has 3 rings (SSSR count). The summed E-state index contributed by atoms with van der Waals surface area (Å²) in [6.07, 6.45) is 6.08. The number of hydrogen-bond donors (Lipinski definition) is 1.